The fourth-order valence-corrected chi connectivity index (χ4v) is 2.45. The number of carbonyl (C=O) groups is 2. The van der Waals surface area contributed by atoms with Gasteiger partial charge in [-0.05, 0) is 18.2 Å². The highest BCUT2D eigenvalue weighted by molar-refractivity contribution is 8.00. The zero-order valence-electron chi connectivity index (χ0n) is 11.0. The molecule has 1 aromatic heterocycles. The Morgan fingerprint density at radius 2 is 2.24 bits per heavy atom. The van der Waals surface area contributed by atoms with Crippen molar-refractivity contribution in [2.75, 3.05) is 11.1 Å². The van der Waals surface area contributed by atoms with Gasteiger partial charge in [0.15, 0.2) is 0 Å². The molecular weight excluding hydrogens is 314 g/mol. The molecule has 0 aliphatic rings. The van der Waals surface area contributed by atoms with Crippen LogP contribution in [0.2, 0.25) is 5.02 Å². The maximum absolute atomic E-state index is 11.9. The van der Waals surface area contributed by atoms with E-state index in [0.717, 1.165) is 4.90 Å². The zero-order chi connectivity index (χ0) is 15.4. The molecule has 1 amide bonds. The summed E-state index contributed by atoms with van der Waals surface area (Å²) in [7, 11) is 1.79. The zero-order valence-corrected chi connectivity index (χ0v) is 12.6. The highest BCUT2D eigenvalue weighted by Gasteiger charge is 2.10. The van der Waals surface area contributed by atoms with E-state index in [1.807, 2.05) is 0 Å². The van der Waals surface area contributed by atoms with Crippen molar-refractivity contribution in [1.82, 2.24) is 9.78 Å². The van der Waals surface area contributed by atoms with Gasteiger partial charge in [0.05, 0.1) is 28.2 Å². The number of rotatable bonds is 5. The topological polar surface area (TPSA) is 84.2 Å². The standard InChI is InChI=1S/C13H12ClN3O3S/c1-17-6-9(5-15-17)21-7-12(18)16-11-4-8(13(19)20)2-3-10(11)14/h2-6H,7H2,1H3,(H,16,18)(H,19,20). The van der Waals surface area contributed by atoms with E-state index in [9.17, 15) is 9.59 Å². The monoisotopic (exact) mass is 325 g/mol. The van der Waals surface area contributed by atoms with E-state index in [2.05, 4.69) is 10.4 Å². The second-order valence-corrected chi connectivity index (χ2v) is 5.64. The van der Waals surface area contributed by atoms with Crippen LogP contribution in [0.4, 0.5) is 5.69 Å². The first kappa shape index (κ1) is 15.4. The number of halogens is 1. The van der Waals surface area contributed by atoms with Crippen molar-refractivity contribution in [3.05, 3.63) is 41.2 Å². The van der Waals surface area contributed by atoms with E-state index in [4.69, 9.17) is 16.7 Å². The Morgan fingerprint density at radius 1 is 1.48 bits per heavy atom. The first-order valence-corrected chi connectivity index (χ1v) is 7.26. The SMILES string of the molecule is Cn1cc(SCC(=O)Nc2cc(C(=O)O)ccc2Cl)cn1. The molecule has 2 rings (SSSR count). The lowest BCUT2D eigenvalue weighted by Crippen LogP contribution is -2.14. The molecule has 0 atom stereocenters. The van der Waals surface area contributed by atoms with Gasteiger partial charge in [0.2, 0.25) is 5.91 Å². The molecule has 2 N–H and O–H groups in total. The van der Waals surface area contributed by atoms with Crippen LogP contribution < -0.4 is 5.32 Å². The lowest BCUT2D eigenvalue weighted by molar-refractivity contribution is -0.113. The number of aromatic carboxylic acids is 1. The smallest absolute Gasteiger partial charge is 0.335 e. The second kappa shape index (κ2) is 6.64. The van der Waals surface area contributed by atoms with Crippen molar-refractivity contribution in [1.29, 1.82) is 0 Å². The lowest BCUT2D eigenvalue weighted by atomic mass is 10.2. The number of carbonyl (C=O) groups excluding carboxylic acids is 1. The molecule has 0 bridgehead atoms. The Morgan fingerprint density at radius 3 is 2.86 bits per heavy atom. The van der Waals surface area contributed by atoms with Crippen LogP contribution in [0.15, 0.2) is 35.5 Å². The minimum atomic E-state index is -1.08. The second-order valence-electron chi connectivity index (χ2n) is 4.19. The molecule has 21 heavy (non-hydrogen) atoms. The number of nitrogens with zero attached hydrogens (tertiary/aromatic N) is 2. The Labute approximate surface area is 130 Å². The number of aromatic nitrogens is 2. The summed E-state index contributed by atoms with van der Waals surface area (Å²) in [5.41, 5.74) is 0.350. The lowest BCUT2D eigenvalue weighted by Gasteiger charge is -2.07. The van der Waals surface area contributed by atoms with Crippen LogP contribution in [0.1, 0.15) is 10.4 Å². The molecule has 0 spiro atoms. The van der Waals surface area contributed by atoms with E-state index in [-0.39, 0.29) is 22.9 Å². The normalized spacial score (nSPS) is 10.4. The fraction of sp³-hybridized carbons (Fsp3) is 0.154. The van der Waals surface area contributed by atoms with Crippen LogP contribution in [-0.4, -0.2) is 32.5 Å². The van der Waals surface area contributed by atoms with Crippen molar-refractivity contribution in [2.24, 2.45) is 7.05 Å². The van der Waals surface area contributed by atoms with Gasteiger partial charge in [-0.3, -0.25) is 9.48 Å². The number of nitrogens with one attached hydrogen (secondary N) is 1. The van der Waals surface area contributed by atoms with E-state index >= 15 is 0 Å². The summed E-state index contributed by atoms with van der Waals surface area (Å²) in [4.78, 5) is 23.6. The molecule has 0 saturated heterocycles. The Bertz CT molecular complexity index is 687. The third-order valence-corrected chi connectivity index (χ3v) is 3.82. The Kier molecular flexibility index (Phi) is 4.87. The molecule has 110 valence electrons. The quantitative estimate of drug-likeness (QED) is 0.825. The summed E-state index contributed by atoms with van der Waals surface area (Å²) in [5.74, 6) is -1.17. The molecule has 1 aromatic carbocycles. The number of thioether (sulfide) groups is 1. The van der Waals surface area contributed by atoms with Crippen LogP contribution in [0.25, 0.3) is 0 Å². The van der Waals surface area contributed by atoms with Crippen molar-refractivity contribution < 1.29 is 14.7 Å². The first-order valence-electron chi connectivity index (χ1n) is 5.90. The molecule has 0 fully saturated rings. The summed E-state index contributed by atoms with van der Waals surface area (Å²) < 4.78 is 1.65. The molecule has 0 unspecified atom stereocenters. The molecule has 2 aromatic rings. The van der Waals surface area contributed by atoms with Gasteiger partial charge in [0, 0.05) is 18.1 Å². The largest absolute Gasteiger partial charge is 0.478 e. The van der Waals surface area contributed by atoms with Gasteiger partial charge >= 0.3 is 5.97 Å². The van der Waals surface area contributed by atoms with E-state index in [0.29, 0.717) is 5.02 Å². The summed E-state index contributed by atoms with van der Waals surface area (Å²) >= 11 is 7.27. The van der Waals surface area contributed by atoms with Gasteiger partial charge in [-0.25, -0.2) is 4.79 Å². The van der Waals surface area contributed by atoms with Gasteiger partial charge < -0.3 is 10.4 Å². The molecular formula is C13H12ClN3O3S. The van der Waals surface area contributed by atoms with Crippen molar-refractivity contribution in [3.8, 4) is 0 Å². The van der Waals surface area contributed by atoms with Gasteiger partial charge in [0.1, 0.15) is 0 Å². The number of amides is 1. The summed E-state index contributed by atoms with van der Waals surface area (Å²) in [6.07, 6.45) is 3.46. The van der Waals surface area contributed by atoms with Crippen molar-refractivity contribution in [3.63, 3.8) is 0 Å². The highest BCUT2D eigenvalue weighted by atomic mass is 35.5. The third-order valence-electron chi connectivity index (χ3n) is 2.54. The van der Waals surface area contributed by atoms with E-state index in [1.54, 1.807) is 24.1 Å². The fourth-order valence-electron chi connectivity index (χ4n) is 1.56. The van der Waals surface area contributed by atoms with Gasteiger partial charge in [-0.1, -0.05) is 11.6 Å². The maximum Gasteiger partial charge on any atom is 0.335 e. The summed E-state index contributed by atoms with van der Waals surface area (Å²) in [6, 6.07) is 4.15. The predicted octanol–water partition coefficient (Wildman–Crippen LogP) is 2.50. The summed E-state index contributed by atoms with van der Waals surface area (Å²) in [6.45, 7) is 0. The number of aryl methyl sites for hydroxylation is 1. The highest BCUT2D eigenvalue weighted by Crippen LogP contribution is 2.24. The number of anilines is 1. The third kappa shape index (κ3) is 4.24. The number of carboxylic acids is 1. The van der Waals surface area contributed by atoms with Gasteiger partial charge in [-0.15, -0.1) is 11.8 Å². The number of benzene rings is 1. The van der Waals surface area contributed by atoms with E-state index < -0.39 is 5.97 Å². The molecule has 0 aliphatic heterocycles. The average molecular weight is 326 g/mol. The minimum Gasteiger partial charge on any atom is -0.478 e. The van der Waals surface area contributed by atoms with Crippen LogP contribution in [0.5, 0.6) is 0 Å². The van der Waals surface area contributed by atoms with Crippen LogP contribution in [0, 0.1) is 0 Å². The average Bonchev–Trinajstić information content (AvgIpc) is 2.84. The minimum absolute atomic E-state index is 0.0645. The predicted molar refractivity (Wildman–Crippen MR) is 81.0 cm³/mol. The molecule has 0 aliphatic carbocycles. The molecule has 0 saturated carbocycles. The Balaban J connectivity index is 1.99. The molecule has 8 heteroatoms. The van der Waals surface area contributed by atoms with Gasteiger partial charge in [0.25, 0.3) is 0 Å². The van der Waals surface area contributed by atoms with Crippen LogP contribution >= 0.6 is 23.4 Å². The first-order chi connectivity index (χ1) is 9.95. The van der Waals surface area contributed by atoms with E-state index in [1.165, 1.54) is 30.0 Å². The van der Waals surface area contributed by atoms with Crippen LogP contribution in [0.3, 0.4) is 0 Å². The maximum atomic E-state index is 11.9. The number of hydrogen-bond donors (Lipinski definition) is 2. The van der Waals surface area contributed by atoms with Crippen molar-refractivity contribution >= 4 is 40.9 Å². The molecule has 0 radical (unpaired) electrons. The number of hydrogen-bond acceptors (Lipinski definition) is 4. The molecule has 6 nitrogen and oxygen atoms in total. The number of carboxylic acid groups (broad SMARTS) is 1. The van der Waals surface area contributed by atoms with Gasteiger partial charge in [-0.2, -0.15) is 5.10 Å². The van der Waals surface area contributed by atoms with Crippen LogP contribution in [-0.2, 0) is 11.8 Å². The van der Waals surface area contributed by atoms with Crippen molar-refractivity contribution in [2.45, 2.75) is 4.90 Å². The Hall–Kier alpha value is -1.99. The summed E-state index contributed by atoms with van der Waals surface area (Å²) in [5, 5.41) is 15.8. The molecule has 1 heterocycles.